The van der Waals surface area contributed by atoms with E-state index in [1.54, 1.807) is 4.99 Å². The number of hydrogen-bond acceptors (Lipinski definition) is 2. The fourth-order valence-corrected chi connectivity index (χ4v) is 1.85. The van der Waals surface area contributed by atoms with Gasteiger partial charge in [-0.15, -0.1) is 0 Å². The second kappa shape index (κ2) is 4.45. The van der Waals surface area contributed by atoms with Gasteiger partial charge < -0.3 is 4.74 Å². The second-order valence-electron chi connectivity index (χ2n) is 3.23. The highest BCUT2D eigenvalue weighted by molar-refractivity contribution is 9.11. The summed E-state index contributed by atoms with van der Waals surface area (Å²) in [5.41, 5.74) is 2.07. The molecule has 76 valence electrons. The standard InChI is InChI=1S/C12H9BrO2/c13-8-11-10(7-12(14)15-11)6-9-4-2-1-3-5-9/h1-5,7-8H,6H2/b11-8-. The van der Waals surface area contributed by atoms with Gasteiger partial charge in [-0.25, -0.2) is 4.79 Å². The Kier molecular flexibility index (Phi) is 3.02. The van der Waals surface area contributed by atoms with E-state index < -0.39 is 0 Å². The zero-order chi connectivity index (χ0) is 10.7. The van der Waals surface area contributed by atoms with E-state index in [0.29, 0.717) is 12.2 Å². The molecule has 0 bridgehead atoms. The summed E-state index contributed by atoms with van der Waals surface area (Å²) in [7, 11) is 0. The third kappa shape index (κ3) is 2.36. The van der Waals surface area contributed by atoms with Gasteiger partial charge in [0.2, 0.25) is 0 Å². The summed E-state index contributed by atoms with van der Waals surface area (Å²) in [6, 6.07) is 9.97. The van der Waals surface area contributed by atoms with Crippen LogP contribution in [0.15, 0.2) is 52.7 Å². The van der Waals surface area contributed by atoms with Crippen LogP contribution in [0.1, 0.15) is 5.56 Å². The van der Waals surface area contributed by atoms with Crippen molar-refractivity contribution < 1.29 is 9.53 Å². The minimum Gasteiger partial charge on any atom is -0.422 e. The van der Waals surface area contributed by atoms with E-state index in [1.165, 1.54) is 6.08 Å². The number of halogens is 1. The maximum absolute atomic E-state index is 11.1. The minimum absolute atomic E-state index is 0.299. The molecule has 0 atom stereocenters. The summed E-state index contributed by atoms with van der Waals surface area (Å²) < 4.78 is 4.98. The molecule has 0 saturated carbocycles. The number of hydrogen-bond donors (Lipinski definition) is 0. The molecular formula is C12H9BrO2. The van der Waals surface area contributed by atoms with Crippen LogP contribution < -0.4 is 0 Å². The third-order valence-electron chi connectivity index (χ3n) is 2.16. The van der Waals surface area contributed by atoms with E-state index >= 15 is 0 Å². The summed E-state index contributed by atoms with van der Waals surface area (Å²) >= 11 is 3.18. The van der Waals surface area contributed by atoms with E-state index in [9.17, 15) is 4.79 Å². The quantitative estimate of drug-likeness (QED) is 0.768. The molecule has 1 aromatic rings. The molecule has 0 radical (unpaired) electrons. The Labute approximate surface area is 96.4 Å². The number of allylic oxidation sites excluding steroid dienone is 1. The molecule has 0 amide bonds. The van der Waals surface area contributed by atoms with Crippen molar-refractivity contribution in [2.24, 2.45) is 0 Å². The smallest absolute Gasteiger partial charge is 0.336 e. The lowest BCUT2D eigenvalue weighted by molar-refractivity contribution is -0.132. The summed E-state index contributed by atoms with van der Waals surface area (Å²) in [4.78, 5) is 12.7. The molecule has 0 unspecified atom stereocenters. The molecule has 1 heterocycles. The van der Waals surface area contributed by atoms with Crippen molar-refractivity contribution in [3.8, 4) is 0 Å². The largest absolute Gasteiger partial charge is 0.422 e. The van der Waals surface area contributed by atoms with Gasteiger partial charge in [0.25, 0.3) is 0 Å². The highest BCUT2D eigenvalue weighted by Crippen LogP contribution is 2.24. The van der Waals surface area contributed by atoms with Crippen LogP contribution in [-0.2, 0) is 16.0 Å². The lowest BCUT2D eigenvalue weighted by Gasteiger charge is -2.02. The molecule has 1 aliphatic heterocycles. The van der Waals surface area contributed by atoms with Gasteiger partial charge in [-0.1, -0.05) is 46.3 Å². The van der Waals surface area contributed by atoms with E-state index in [1.807, 2.05) is 30.3 Å². The Morgan fingerprint density at radius 2 is 2.00 bits per heavy atom. The van der Waals surface area contributed by atoms with Crippen LogP contribution in [-0.4, -0.2) is 5.97 Å². The Bertz CT molecular complexity index is 432. The fraction of sp³-hybridized carbons (Fsp3) is 0.0833. The van der Waals surface area contributed by atoms with Crippen LogP contribution in [0.25, 0.3) is 0 Å². The van der Waals surface area contributed by atoms with Crippen LogP contribution in [0.3, 0.4) is 0 Å². The topological polar surface area (TPSA) is 26.3 Å². The summed E-state index contributed by atoms with van der Waals surface area (Å²) in [6.07, 6.45) is 2.24. The van der Waals surface area contributed by atoms with Crippen molar-refractivity contribution in [1.82, 2.24) is 0 Å². The Morgan fingerprint density at radius 1 is 1.27 bits per heavy atom. The van der Waals surface area contributed by atoms with Crippen LogP contribution in [0, 0.1) is 0 Å². The molecule has 0 saturated heterocycles. The summed E-state index contributed by atoms with van der Waals surface area (Å²) in [5, 5.41) is 0. The van der Waals surface area contributed by atoms with E-state index in [2.05, 4.69) is 15.9 Å². The first kappa shape index (κ1) is 10.2. The van der Waals surface area contributed by atoms with E-state index in [0.717, 1.165) is 11.1 Å². The molecule has 0 N–H and O–H groups in total. The Balaban J connectivity index is 2.19. The van der Waals surface area contributed by atoms with Crippen molar-refractivity contribution in [2.45, 2.75) is 6.42 Å². The van der Waals surface area contributed by atoms with Gasteiger partial charge in [-0.05, 0) is 5.56 Å². The average Bonchev–Trinajstić information content (AvgIpc) is 2.60. The predicted molar refractivity (Wildman–Crippen MR) is 61.3 cm³/mol. The van der Waals surface area contributed by atoms with Crippen molar-refractivity contribution >= 4 is 21.9 Å². The van der Waals surface area contributed by atoms with Crippen molar-refractivity contribution in [1.29, 1.82) is 0 Å². The fourth-order valence-electron chi connectivity index (χ4n) is 1.46. The molecule has 1 aliphatic rings. The summed E-state index contributed by atoms with van der Waals surface area (Å²) in [5.74, 6) is 0.301. The van der Waals surface area contributed by atoms with Crippen molar-refractivity contribution in [3.05, 3.63) is 58.3 Å². The molecule has 2 nitrogen and oxygen atoms in total. The maximum Gasteiger partial charge on any atom is 0.336 e. The number of benzene rings is 1. The molecule has 1 aromatic carbocycles. The first-order valence-corrected chi connectivity index (χ1v) is 5.48. The second-order valence-corrected chi connectivity index (χ2v) is 3.68. The summed E-state index contributed by atoms with van der Waals surface area (Å²) in [6.45, 7) is 0. The predicted octanol–water partition coefficient (Wildman–Crippen LogP) is 2.95. The maximum atomic E-state index is 11.1. The zero-order valence-corrected chi connectivity index (χ0v) is 9.53. The lowest BCUT2D eigenvalue weighted by atomic mass is 10.1. The monoisotopic (exact) mass is 264 g/mol. The minimum atomic E-state index is -0.299. The number of rotatable bonds is 2. The van der Waals surface area contributed by atoms with Gasteiger partial charge in [0.15, 0.2) is 0 Å². The number of carbonyl (C=O) groups is 1. The zero-order valence-electron chi connectivity index (χ0n) is 7.94. The highest BCUT2D eigenvalue weighted by Gasteiger charge is 2.19. The van der Waals surface area contributed by atoms with Crippen LogP contribution in [0.4, 0.5) is 0 Å². The SMILES string of the molecule is O=C1C=C(Cc2ccccc2)/C(=C/Br)O1. The molecule has 0 aliphatic carbocycles. The number of cyclic esters (lactones) is 1. The molecule has 2 rings (SSSR count). The van der Waals surface area contributed by atoms with Gasteiger partial charge in [0.1, 0.15) is 5.76 Å². The van der Waals surface area contributed by atoms with Crippen LogP contribution in [0.5, 0.6) is 0 Å². The Morgan fingerprint density at radius 3 is 2.67 bits per heavy atom. The average molecular weight is 265 g/mol. The molecule has 0 aromatic heterocycles. The molecular weight excluding hydrogens is 256 g/mol. The van der Waals surface area contributed by atoms with Gasteiger partial charge in [0, 0.05) is 23.1 Å². The first-order chi connectivity index (χ1) is 7.29. The van der Waals surface area contributed by atoms with Gasteiger partial charge in [-0.2, -0.15) is 0 Å². The number of carbonyl (C=O) groups excluding carboxylic acids is 1. The van der Waals surface area contributed by atoms with Gasteiger partial charge in [-0.3, -0.25) is 0 Å². The lowest BCUT2D eigenvalue weighted by Crippen LogP contribution is -1.92. The van der Waals surface area contributed by atoms with E-state index in [-0.39, 0.29) is 5.97 Å². The van der Waals surface area contributed by atoms with Crippen LogP contribution >= 0.6 is 15.9 Å². The van der Waals surface area contributed by atoms with Crippen LogP contribution in [0.2, 0.25) is 0 Å². The molecule has 3 heteroatoms. The van der Waals surface area contributed by atoms with E-state index in [4.69, 9.17) is 4.74 Å². The molecule has 15 heavy (non-hydrogen) atoms. The third-order valence-corrected chi connectivity index (χ3v) is 2.57. The number of ether oxygens (including phenoxy) is 1. The van der Waals surface area contributed by atoms with Crippen molar-refractivity contribution in [2.75, 3.05) is 0 Å². The molecule has 0 spiro atoms. The normalized spacial score (nSPS) is 17.8. The Hall–Kier alpha value is -1.35. The number of esters is 1. The van der Waals surface area contributed by atoms with Crippen molar-refractivity contribution in [3.63, 3.8) is 0 Å². The molecule has 0 fully saturated rings. The highest BCUT2D eigenvalue weighted by atomic mass is 79.9. The first-order valence-electron chi connectivity index (χ1n) is 4.56. The van der Waals surface area contributed by atoms with Gasteiger partial charge >= 0.3 is 5.97 Å². The van der Waals surface area contributed by atoms with Gasteiger partial charge in [0.05, 0.1) is 0 Å².